The second-order valence-electron chi connectivity index (χ2n) is 9.37. The van der Waals surface area contributed by atoms with Crippen LogP contribution in [-0.4, -0.2) is 98.0 Å². The van der Waals surface area contributed by atoms with Crippen molar-refractivity contribution < 1.29 is 33.5 Å². The largest absolute Gasteiger partial charge is 0.394 e. The summed E-state index contributed by atoms with van der Waals surface area (Å²) in [5, 5.41) is 28.5. The lowest BCUT2D eigenvalue weighted by atomic mass is 10.1. The lowest BCUT2D eigenvalue weighted by Gasteiger charge is -2.27. The first-order valence-electron chi connectivity index (χ1n) is 12.0. The van der Waals surface area contributed by atoms with Crippen molar-refractivity contribution in [2.45, 2.75) is 49.0 Å². The highest BCUT2D eigenvalue weighted by molar-refractivity contribution is 8.09. The van der Waals surface area contributed by atoms with E-state index in [0.717, 1.165) is 4.68 Å². The van der Waals surface area contributed by atoms with Gasteiger partial charge in [0.2, 0.25) is 5.95 Å². The number of anilines is 2. The van der Waals surface area contributed by atoms with Crippen LogP contribution in [-0.2, 0) is 25.8 Å². The number of nitrogens with one attached hydrogen (secondary N) is 1. The van der Waals surface area contributed by atoms with Crippen LogP contribution in [0.2, 0.25) is 0 Å². The number of hydrogen-bond donors (Lipinski definition) is 6. The maximum Gasteiger partial charge on any atom is 0.282 e. The molecule has 0 aliphatic carbocycles. The summed E-state index contributed by atoms with van der Waals surface area (Å²) in [6.45, 7) is -4.67. The molecule has 0 spiro atoms. The third-order valence-electron chi connectivity index (χ3n) is 6.91. The maximum atomic E-state index is 15.2. The maximum absolute atomic E-state index is 15.2. The SMILES string of the molecule is Nc1nc2c(nnn2[C@@H]2O[C@H](CO)C[C@H]2P(O)(=S)OC[C@H]2O[C@@H](n3ccc4c(N)ncnc43)[C@@H](F)[C@@H]2O)c(=O)[nH]1. The van der Waals surface area contributed by atoms with Crippen LogP contribution in [0.1, 0.15) is 18.9 Å². The van der Waals surface area contributed by atoms with Gasteiger partial charge in [-0.3, -0.25) is 9.78 Å². The number of nitrogen functional groups attached to an aromatic ring is 2. The van der Waals surface area contributed by atoms with Gasteiger partial charge < -0.3 is 45.1 Å². The first-order valence-corrected chi connectivity index (χ1v) is 14.7. The summed E-state index contributed by atoms with van der Waals surface area (Å²) < 4.78 is 35.0. The zero-order valence-electron chi connectivity index (χ0n) is 20.4. The van der Waals surface area contributed by atoms with Crippen LogP contribution in [0.4, 0.5) is 16.2 Å². The van der Waals surface area contributed by atoms with Crippen molar-refractivity contribution in [2.24, 2.45) is 0 Å². The Bertz CT molecular complexity index is 1680. The molecule has 214 valence electrons. The first-order chi connectivity index (χ1) is 19.1. The normalized spacial score (nSPS) is 30.4. The van der Waals surface area contributed by atoms with E-state index in [2.05, 4.69) is 30.2 Å². The van der Waals surface area contributed by atoms with Crippen molar-refractivity contribution in [3.05, 3.63) is 28.9 Å². The lowest BCUT2D eigenvalue weighted by Crippen LogP contribution is -2.32. The van der Waals surface area contributed by atoms with E-state index in [0.29, 0.717) is 11.0 Å². The minimum atomic E-state index is -3.81. The molecule has 0 amide bonds. The van der Waals surface area contributed by atoms with Crippen LogP contribution >= 0.6 is 6.49 Å². The number of nitrogens with two attached hydrogens (primary N) is 2. The highest BCUT2D eigenvalue weighted by Crippen LogP contribution is 2.57. The molecule has 6 rings (SSSR count). The number of alkyl halides is 1. The van der Waals surface area contributed by atoms with Crippen molar-refractivity contribution in [1.29, 1.82) is 0 Å². The lowest BCUT2D eigenvalue weighted by molar-refractivity contribution is -0.0426. The van der Waals surface area contributed by atoms with Gasteiger partial charge in [0.15, 0.2) is 36.3 Å². The number of fused-ring (bicyclic) bond motifs is 2. The minimum absolute atomic E-state index is 0.0223. The molecule has 6 heterocycles. The summed E-state index contributed by atoms with van der Waals surface area (Å²) in [7, 11) is 0. The summed E-state index contributed by atoms with van der Waals surface area (Å²) in [6.07, 6.45) is -5.01. The number of aliphatic hydroxyl groups excluding tert-OH is 2. The number of aliphatic hydroxyl groups is 2. The average Bonchev–Trinajstić information content (AvgIpc) is 3.69. The van der Waals surface area contributed by atoms with Crippen molar-refractivity contribution in [3.8, 4) is 0 Å². The van der Waals surface area contributed by atoms with Gasteiger partial charge >= 0.3 is 0 Å². The molecule has 4 aromatic heterocycles. The van der Waals surface area contributed by atoms with E-state index in [-0.39, 0.29) is 29.4 Å². The molecule has 0 bridgehead atoms. The fourth-order valence-electron chi connectivity index (χ4n) is 4.93. The van der Waals surface area contributed by atoms with Gasteiger partial charge in [-0.2, -0.15) is 9.67 Å². The van der Waals surface area contributed by atoms with E-state index in [4.69, 9.17) is 37.3 Å². The molecule has 40 heavy (non-hydrogen) atoms. The van der Waals surface area contributed by atoms with E-state index < -0.39 is 67.9 Å². The van der Waals surface area contributed by atoms with E-state index in [9.17, 15) is 19.9 Å². The minimum Gasteiger partial charge on any atom is -0.394 e. The third kappa shape index (κ3) is 4.44. The molecule has 2 aliphatic heterocycles. The molecule has 20 heteroatoms. The Morgan fingerprint density at radius 3 is 2.85 bits per heavy atom. The van der Waals surface area contributed by atoms with Crippen LogP contribution in [0.5, 0.6) is 0 Å². The quantitative estimate of drug-likeness (QED) is 0.135. The second-order valence-corrected chi connectivity index (χ2v) is 13.0. The Balaban J connectivity index is 1.22. The van der Waals surface area contributed by atoms with Crippen LogP contribution in [0.15, 0.2) is 23.4 Å². The Morgan fingerprint density at radius 2 is 2.08 bits per heavy atom. The summed E-state index contributed by atoms with van der Waals surface area (Å²) in [4.78, 5) is 37.9. The molecule has 2 saturated heterocycles. The van der Waals surface area contributed by atoms with Gasteiger partial charge in [-0.1, -0.05) is 5.21 Å². The Hall–Kier alpha value is -3.16. The predicted octanol–water partition coefficient (Wildman–Crippen LogP) is -1.31. The number of aromatic nitrogens is 8. The Morgan fingerprint density at radius 1 is 1.27 bits per heavy atom. The molecular weight excluding hydrogens is 574 g/mol. The number of halogens is 1. The van der Waals surface area contributed by atoms with E-state index >= 15 is 4.39 Å². The Labute approximate surface area is 228 Å². The van der Waals surface area contributed by atoms with Crippen molar-refractivity contribution in [3.63, 3.8) is 0 Å². The molecule has 17 nitrogen and oxygen atoms in total. The number of hydrogen-bond acceptors (Lipinski definition) is 14. The van der Waals surface area contributed by atoms with Gasteiger partial charge in [0, 0.05) is 6.20 Å². The standard InChI is InChI=1S/C20H24FN10O7PS/c21-11-13(33)9(38-19(11)30-2-1-8-14(22)24-6-25-15(8)30)5-36-39(35,40)10-3-7(4-32)37-18(10)31-16-12(28-29-31)17(34)27-20(23)26-16/h1-2,6-7,9-11,13,18-19,32-33H,3-5H2,(H,35,40)(H2,22,24,25)(H3,23,26,27,34)/t7-,9+,10+,11-,13+,18+,19+,39?/m0/s1. The van der Waals surface area contributed by atoms with Crippen molar-refractivity contribution in [2.75, 3.05) is 24.7 Å². The van der Waals surface area contributed by atoms with Crippen molar-refractivity contribution in [1.82, 2.24) is 39.5 Å². The van der Waals surface area contributed by atoms with Gasteiger partial charge in [0.1, 0.15) is 30.0 Å². The molecule has 0 saturated carbocycles. The van der Waals surface area contributed by atoms with Gasteiger partial charge in [-0.15, -0.1) is 5.10 Å². The van der Waals surface area contributed by atoms with Gasteiger partial charge in [-0.25, -0.2) is 14.4 Å². The topological polar surface area (TPSA) is 248 Å². The van der Waals surface area contributed by atoms with E-state index in [1.165, 1.54) is 17.1 Å². The van der Waals surface area contributed by atoms with Crippen LogP contribution in [0, 0.1) is 0 Å². The molecule has 2 aliphatic rings. The van der Waals surface area contributed by atoms with Crippen LogP contribution < -0.4 is 17.0 Å². The van der Waals surface area contributed by atoms with E-state index in [1.54, 1.807) is 6.07 Å². The summed E-state index contributed by atoms with van der Waals surface area (Å²) in [5.74, 6) is 0.0111. The Kier molecular flexibility index (Phi) is 6.78. The average molecular weight is 599 g/mol. The van der Waals surface area contributed by atoms with Crippen LogP contribution in [0.25, 0.3) is 22.2 Å². The summed E-state index contributed by atoms with van der Waals surface area (Å²) in [6, 6.07) is 1.60. The smallest absolute Gasteiger partial charge is 0.282 e. The molecule has 8 atom stereocenters. The van der Waals surface area contributed by atoms with Crippen LogP contribution in [0.3, 0.4) is 0 Å². The zero-order chi connectivity index (χ0) is 28.3. The highest BCUT2D eigenvalue weighted by Gasteiger charge is 2.49. The number of rotatable bonds is 7. The molecule has 0 radical (unpaired) electrons. The molecule has 4 aromatic rings. The fraction of sp³-hybridized carbons (Fsp3) is 0.500. The predicted molar refractivity (Wildman–Crippen MR) is 139 cm³/mol. The van der Waals surface area contributed by atoms with E-state index in [1.807, 2.05) is 0 Å². The molecule has 2 fully saturated rings. The third-order valence-corrected chi connectivity index (χ3v) is 9.87. The highest BCUT2D eigenvalue weighted by atomic mass is 32.5. The number of nitrogens with zero attached hydrogens (tertiary/aromatic N) is 7. The fourth-order valence-corrected chi connectivity index (χ4v) is 7.25. The molecule has 1 unspecified atom stereocenters. The monoisotopic (exact) mass is 598 g/mol. The summed E-state index contributed by atoms with van der Waals surface area (Å²) >= 11 is 5.46. The first kappa shape index (κ1) is 27.0. The second kappa shape index (κ2) is 10.0. The zero-order valence-corrected chi connectivity index (χ0v) is 22.1. The van der Waals surface area contributed by atoms with Gasteiger partial charge in [-0.05, 0) is 24.3 Å². The summed E-state index contributed by atoms with van der Waals surface area (Å²) in [5.41, 5.74) is 10.1. The molecule has 8 N–H and O–H groups in total. The number of H-pyrrole nitrogens is 1. The van der Waals surface area contributed by atoms with Gasteiger partial charge in [0.25, 0.3) is 5.56 Å². The number of ether oxygens (including phenoxy) is 2. The van der Waals surface area contributed by atoms with Gasteiger partial charge in [0.05, 0.1) is 30.4 Å². The molecule has 0 aromatic carbocycles. The van der Waals surface area contributed by atoms with Crippen molar-refractivity contribution >= 4 is 52.3 Å². The number of aromatic amines is 1. The molecular formula is C20H24FN10O7PS.